The summed E-state index contributed by atoms with van der Waals surface area (Å²) in [7, 11) is 1.76. The molecule has 1 aromatic rings. The SMILES string of the molecule is CN=C(NCCCOCc1ccco1)NCC1(CCO)CCOC1. The van der Waals surface area contributed by atoms with Gasteiger partial charge < -0.3 is 29.6 Å². The van der Waals surface area contributed by atoms with Crippen LogP contribution in [0.2, 0.25) is 0 Å². The Labute approximate surface area is 143 Å². The number of furan rings is 1. The van der Waals surface area contributed by atoms with Crippen molar-refractivity contribution in [3.8, 4) is 0 Å². The zero-order chi connectivity index (χ0) is 17.1. The molecule has 1 aliphatic rings. The number of nitrogens with zero attached hydrogens (tertiary/aromatic N) is 1. The van der Waals surface area contributed by atoms with E-state index in [9.17, 15) is 5.11 Å². The summed E-state index contributed by atoms with van der Waals surface area (Å²) in [4.78, 5) is 4.23. The van der Waals surface area contributed by atoms with E-state index < -0.39 is 0 Å². The molecular formula is C17H29N3O4. The van der Waals surface area contributed by atoms with Crippen LogP contribution in [0.5, 0.6) is 0 Å². The van der Waals surface area contributed by atoms with E-state index in [1.54, 1.807) is 13.3 Å². The molecule has 7 heteroatoms. The van der Waals surface area contributed by atoms with E-state index in [0.717, 1.165) is 50.7 Å². The summed E-state index contributed by atoms with van der Waals surface area (Å²) >= 11 is 0. The highest BCUT2D eigenvalue weighted by atomic mass is 16.5. The van der Waals surface area contributed by atoms with Crippen molar-refractivity contribution in [1.29, 1.82) is 0 Å². The predicted octanol–water partition coefficient (Wildman–Crippen LogP) is 1.14. The van der Waals surface area contributed by atoms with E-state index in [-0.39, 0.29) is 12.0 Å². The molecule has 0 saturated carbocycles. The summed E-state index contributed by atoms with van der Waals surface area (Å²) in [5.74, 6) is 1.61. The Bertz CT molecular complexity index is 470. The van der Waals surface area contributed by atoms with Gasteiger partial charge >= 0.3 is 0 Å². The first kappa shape index (κ1) is 18.8. The number of ether oxygens (including phenoxy) is 2. The lowest BCUT2D eigenvalue weighted by molar-refractivity contribution is 0.105. The molecule has 24 heavy (non-hydrogen) atoms. The lowest BCUT2D eigenvalue weighted by atomic mass is 9.84. The fraction of sp³-hybridized carbons (Fsp3) is 0.706. The third-order valence-electron chi connectivity index (χ3n) is 4.26. The van der Waals surface area contributed by atoms with Crippen LogP contribution in [0.1, 0.15) is 25.0 Å². The third-order valence-corrected chi connectivity index (χ3v) is 4.26. The maximum absolute atomic E-state index is 9.26. The first-order valence-electron chi connectivity index (χ1n) is 8.51. The van der Waals surface area contributed by atoms with Crippen LogP contribution in [-0.4, -0.2) is 57.6 Å². The van der Waals surface area contributed by atoms with Crippen LogP contribution in [0.25, 0.3) is 0 Å². The number of guanidine groups is 1. The fourth-order valence-electron chi connectivity index (χ4n) is 2.75. The monoisotopic (exact) mass is 339 g/mol. The molecule has 0 aromatic carbocycles. The van der Waals surface area contributed by atoms with Crippen molar-refractivity contribution in [2.45, 2.75) is 25.9 Å². The molecule has 1 unspecified atom stereocenters. The van der Waals surface area contributed by atoms with Gasteiger partial charge in [-0.05, 0) is 31.4 Å². The van der Waals surface area contributed by atoms with Crippen LogP contribution in [0, 0.1) is 5.41 Å². The van der Waals surface area contributed by atoms with Crippen molar-refractivity contribution < 1.29 is 19.0 Å². The van der Waals surface area contributed by atoms with Crippen molar-refractivity contribution >= 4 is 5.96 Å². The molecule has 0 aliphatic carbocycles. The Hall–Kier alpha value is -1.57. The molecule has 0 amide bonds. The van der Waals surface area contributed by atoms with E-state index in [1.807, 2.05) is 12.1 Å². The van der Waals surface area contributed by atoms with Crippen LogP contribution in [0.15, 0.2) is 27.8 Å². The molecule has 1 fully saturated rings. The summed E-state index contributed by atoms with van der Waals surface area (Å²) in [6, 6.07) is 3.76. The highest BCUT2D eigenvalue weighted by Crippen LogP contribution is 2.31. The molecule has 2 heterocycles. The summed E-state index contributed by atoms with van der Waals surface area (Å²) in [6.45, 7) is 4.34. The number of hydrogen-bond acceptors (Lipinski definition) is 5. The van der Waals surface area contributed by atoms with Gasteiger partial charge in [-0.3, -0.25) is 4.99 Å². The second-order valence-electron chi connectivity index (χ2n) is 6.11. The van der Waals surface area contributed by atoms with Crippen molar-refractivity contribution in [1.82, 2.24) is 10.6 Å². The van der Waals surface area contributed by atoms with Gasteiger partial charge in [0, 0.05) is 45.4 Å². The average molecular weight is 339 g/mol. The predicted molar refractivity (Wildman–Crippen MR) is 91.9 cm³/mol. The van der Waals surface area contributed by atoms with Crippen molar-refractivity contribution in [2.75, 3.05) is 46.6 Å². The van der Waals surface area contributed by atoms with Gasteiger partial charge in [-0.25, -0.2) is 0 Å². The van der Waals surface area contributed by atoms with Gasteiger partial charge in [0.15, 0.2) is 5.96 Å². The lowest BCUT2D eigenvalue weighted by Gasteiger charge is -2.27. The Morgan fingerprint density at radius 2 is 2.38 bits per heavy atom. The van der Waals surface area contributed by atoms with Crippen molar-refractivity contribution in [3.05, 3.63) is 24.2 Å². The largest absolute Gasteiger partial charge is 0.467 e. The molecular weight excluding hydrogens is 310 g/mol. The second kappa shape index (κ2) is 10.3. The molecule has 0 spiro atoms. The van der Waals surface area contributed by atoms with Crippen LogP contribution in [0.3, 0.4) is 0 Å². The first-order chi connectivity index (χ1) is 11.8. The van der Waals surface area contributed by atoms with Gasteiger partial charge in [-0.15, -0.1) is 0 Å². The van der Waals surface area contributed by atoms with Crippen molar-refractivity contribution in [3.63, 3.8) is 0 Å². The van der Waals surface area contributed by atoms with Gasteiger partial charge in [0.1, 0.15) is 12.4 Å². The van der Waals surface area contributed by atoms with Gasteiger partial charge in [-0.2, -0.15) is 0 Å². The summed E-state index contributed by atoms with van der Waals surface area (Å²) < 4.78 is 16.3. The molecule has 0 radical (unpaired) electrons. The Morgan fingerprint density at radius 3 is 3.04 bits per heavy atom. The molecule has 2 rings (SSSR count). The zero-order valence-corrected chi connectivity index (χ0v) is 14.4. The summed E-state index contributed by atoms with van der Waals surface area (Å²) in [6.07, 6.45) is 4.25. The zero-order valence-electron chi connectivity index (χ0n) is 14.4. The number of aliphatic hydroxyl groups is 1. The molecule has 136 valence electrons. The molecule has 7 nitrogen and oxygen atoms in total. The lowest BCUT2D eigenvalue weighted by Crippen LogP contribution is -2.44. The van der Waals surface area contributed by atoms with E-state index >= 15 is 0 Å². The number of aliphatic hydroxyl groups excluding tert-OH is 1. The van der Waals surface area contributed by atoms with Crippen LogP contribution >= 0.6 is 0 Å². The Balaban J connectivity index is 1.58. The molecule has 1 aliphatic heterocycles. The highest BCUT2D eigenvalue weighted by Gasteiger charge is 2.34. The van der Waals surface area contributed by atoms with Crippen LogP contribution in [0.4, 0.5) is 0 Å². The van der Waals surface area contributed by atoms with Gasteiger partial charge in [0.05, 0.1) is 12.9 Å². The number of hydrogen-bond donors (Lipinski definition) is 3. The highest BCUT2D eigenvalue weighted by molar-refractivity contribution is 5.79. The molecule has 1 aromatic heterocycles. The third kappa shape index (κ3) is 6.14. The standard InChI is InChI=1S/C17H29N3O4/c1-18-16(20-13-17(5-8-21)6-11-23-14-17)19-7-3-9-22-12-15-4-2-10-24-15/h2,4,10,21H,3,5-9,11-14H2,1H3,(H2,18,19,20). The van der Waals surface area contributed by atoms with Gasteiger partial charge in [0.25, 0.3) is 0 Å². The van der Waals surface area contributed by atoms with Gasteiger partial charge in [0.2, 0.25) is 0 Å². The Morgan fingerprint density at radius 1 is 1.46 bits per heavy atom. The molecule has 1 saturated heterocycles. The minimum Gasteiger partial charge on any atom is -0.467 e. The van der Waals surface area contributed by atoms with E-state index in [0.29, 0.717) is 19.8 Å². The van der Waals surface area contributed by atoms with Crippen LogP contribution in [-0.2, 0) is 16.1 Å². The summed E-state index contributed by atoms with van der Waals surface area (Å²) in [5, 5.41) is 15.9. The van der Waals surface area contributed by atoms with Crippen molar-refractivity contribution in [2.24, 2.45) is 10.4 Å². The summed E-state index contributed by atoms with van der Waals surface area (Å²) in [5.41, 5.74) is 0.0124. The van der Waals surface area contributed by atoms with Crippen LogP contribution < -0.4 is 10.6 Å². The number of nitrogens with one attached hydrogen (secondary N) is 2. The quantitative estimate of drug-likeness (QED) is 0.337. The Kier molecular flexibility index (Phi) is 8.07. The smallest absolute Gasteiger partial charge is 0.190 e. The molecule has 3 N–H and O–H groups in total. The minimum atomic E-state index is 0.0124. The maximum atomic E-state index is 9.26. The average Bonchev–Trinajstić information content (AvgIpc) is 3.26. The number of aliphatic imine (C=N–C) groups is 1. The van der Waals surface area contributed by atoms with E-state index in [4.69, 9.17) is 13.9 Å². The normalized spacial score (nSPS) is 21.2. The molecule has 1 atom stereocenters. The first-order valence-corrected chi connectivity index (χ1v) is 8.51. The molecule has 0 bridgehead atoms. The fourth-order valence-corrected chi connectivity index (χ4v) is 2.75. The van der Waals surface area contributed by atoms with E-state index in [1.165, 1.54) is 0 Å². The minimum absolute atomic E-state index is 0.0124. The topological polar surface area (TPSA) is 88.3 Å². The van der Waals surface area contributed by atoms with Gasteiger partial charge in [-0.1, -0.05) is 0 Å². The second-order valence-corrected chi connectivity index (χ2v) is 6.11. The maximum Gasteiger partial charge on any atom is 0.190 e. The van der Waals surface area contributed by atoms with E-state index in [2.05, 4.69) is 15.6 Å². The number of rotatable bonds is 10.